The molecule has 3 aromatic rings. The van der Waals surface area contributed by atoms with E-state index in [1.165, 1.54) is 101 Å². The summed E-state index contributed by atoms with van der Waals surface area (Å²) in [7, 11) is 3.89. The fraction of sp³-hybridized carbons (Fsp3) is 0.581. The van der Waals surface area contributed by atoms with Crippen molar-refractivity contribution < 1.29 is 4.74 Å². The summed E-state index contributed by atoms with van der Waals surface area (Å²) < 4.78 is 7.81. The minimum absolute atomic E-state index is 0.520. The van der Waals surface area contributed by atoms with E-state index in [2.05, 4.69) is 80.9 Å². The summed E-state index contributed by atoms with van der Waals surface area (Å²) >= 11 is 0. The number of benzene rings is 2. The zero-order valence-corrected chi connectivity index (χ0v) is 33.1. The van der Waals surface area contributed by atoms with Crippen LogP contribution in [0, 0.1) is 20.8 Å². The number of aryl methyl sites for hydroxylation is 3. The molecule has 4 rings (SSSR count). The van der Waals surface area contributed by atoms with E-state index < -0.39 is 0 Å². The number of anilines is 2. The number of methoxy groups -OCH3 is 1. The van der Waals surface area contributed by atoms with Crippen molar-refractivity contribution in [2.75, 3.05) is 43.6 Å². The van der Waals surface area contributed by atoms with Gasteiger partial charge in [0.25, 0.3) is 5.96 Å². The van der Waals surface area contributed by atoms with Crippen molar-refractivity contribution in [3.05, 3.63) is 65.0 Å². The summed E-state index contributed by atoms with van der Waals surface area (Å²) in [6, 6.07) is 15.1. The van der Waals surface area contributed by atoms with Crippen molar-refractivity contribution >= 4 is 34.6 Å². The van der Waals surface area contributed by atoms with Gasteiger partial charge in [-0.25, -0.2) is 14.7 Å². The highest BCUT2D eigenvalue weighted by Crippen LogP contribution is 2.31. The summed E-state index contributed by atoms with van der Waals surface area (Å²) in [4.78, 5) is 20.2. The Balaban J connectivity index is 1.71. The molecule has 8 nitrogen and oxygen atoms in total. The van der Waals surface area contributed by atoms with Gasteiger partial charge in [-0.05, 0) is 88.1 Å². The van der Waals surface area contributed by atoms with Gasteiger partial charge < -0.3 is 14.5 Å². The summed E-state index contributed by atoms with van der Waals surface area (Å²) in [5, 5.41) is 4.72. The number of unbranched alkanes of at least 4 members (excludes halogenated alkanes) is 11. The van der Waals surface area contributed by atoms with E-state index in [1.54, 1.807) is 7.11 Å². The smallest absolute Gasteiger partial charge is 0.253 e. The van der Waals surface area contributed by atoms with Crippen LogP contribution in [0.15, 0.2) is 57.4 Å². The molecule has 0 radical (unpaired) electrons. The third-order valence-corrected chi connectivity index (χ3v) is 9.89. The SMILES string of the molecule is CCCCCCCCN(CCCCCCCC)c1ccc(OC)c(C2=NC(n3nc(C)cc3C)=NC2=Nc2ccc(N(C)CCCC)cc2C)c1. The average molecular weight is 696 g/mol. The van der Waals surface area contributed by atoms with Crippen LogP contribution in [0.5, 0.6) is 5.75 Å². The maximum atomic E-state index is 6.00. The second kappa shape index (κ2) is 20.8. The maximum Gasteiger partial charge on any atom is 0.253 e. The number of rotatable bonds is 22. The predicted molar refractivity (Wildman–Crippen MR) is 219 cm³/mol. The molecule has 0 fully saturated rings. The molecule has 2 heterocycles. The van der Waals surface area contributed by atoms with E-state index in [9.17, 15) is 0 Å². The first-order chi connectivity index (χ1) is 24.8. The van der Waals surface area contributed by atoms with Crippen molar-refractivity contribution in [3.63, 3.8) is 0 Å². The molecule has 1 aromatic heterocycles. The highest BCUT2D eigenvalue weighted by Gasteiger charge is 2.26. The molecule has 2 aromatic carbocycles. The number of amidine groups is 1. The van der Waals surface area contributed by atoms with E-state index in [-0.39, 0.29) is 0 Å². The lowest BCUT2D eigenvalue weighted by molar-refractivity contribution is 0.414. The van der Waals surface area contributed by atoms with Crippen LogP contribution in [0.25, 0.3) is 0 Å². The van der Waals surface area contributed by atoms with Crippen LogP contribution in [0.3, 0.4) is 0 Å². The Morgan fingerprint density at radius 3 is 1.90 bits per heavy atom. The van der Waals surface area contributed by atoms with E-state index in [0.29, 0.717) is 17.5 Å². The van der Waals surface area contributed by atoms with Gasteiger partial charge in [0.2, 0.25) is 0 Å². The molecule has 0 aliphatic carbocycles. The highest BCUT2D eigenvalue weighted by molar-refractivity contribution is 6.53. The van der Waals surface area contributed by atoms with Gasteiger partial charge in [0.05, 0.1) is 18.5 Å². The van der Waals surface area contributed by atoms with Crippen molar-refractivity contribution in [2.24, 2.45) is 15.0 Å². The Hall–Kier alpha value is -3.94. The van der Waals surface area contributed by atoms with Gasteiger partial charge in [-0.3, -0.25) is 0 Å². The van der Waals surface area contributed by atoms with E-state index in [1.807, 2.05) is 24.6 Å². The number of nitrogens with zero attached hydrogens (tertiary/aromatic N) is 7. The first kappa shape index (κ1) is 39.8. The van der Waals surface area contributed by atoms with Crippen LogP contribution in [0.2, 0.25) is 0 Å². The van der Waals surface area contributed by atoms with Gasteiger partial charge in [0, 0.05) is 49.3 Å². The van der Waals surface area contributed by atoms with Gasteiger partial charge in [-0.1, -0.05) is 91.4 Å². The van der Waals surface area contributed by atoms with Crippen LogP contribution in [0.4, 0.5) is 17.1 Å². The van der Waals surface area contributed by atoms with Crippen molar-refractivity contribution in [1.29, 1.82) is 0 Å². The molecule has 0 N–H and O–H groups in total. The molecule has 1 aliphatic heterocycles. The molecular weight excluding hydrogens is 631 g/mol. The Labute approximate surface area is 309 Å². The third-order valence-electron chi connectivity index (χ3n) is 9.89. The number of ether oxygens (including phenoxy) is 1. The highest BCUT2D eigenvalue weighted by atomic mass is 16.5. The third kappa shape index (κ3) is 11.5. The van der Waals surface area contributed by atoms with Crippen LogP contribution < -0.4 is 14.5 Å². The normalized spacial score (nSPS) is 13.5. The summed E-state index contributed by atoms with van der Waals surface area (Å²) in [5.74, 6) is 1.85. The molecule has 8 heteroatoms. The maximum absolute atomic E-state index is 6.00. The van der Waals surface area contributed by atoms with Gasteiger partial charge in [-0.2, -0.15) is 10.1 Å². The van der Waals surface area contributed by atoms with E-state index in [4.69, 9.17) is 24.8 Å². The predicted octanol–water partition coefficient (Wildman–Crippen LogP) is 11.0. The van der Waals surface area contributed by atoms with Crippen LogP contribution >= 0.6 is 0 Å². The molecule has 0 saturated heterocycles. The summed E-state index contributed by atoms with van der Waals surface area (Å²) in [5.41, 5.74) is 7.89. The lowest BCUT2D eigenvalue weighted by atomic mass is 10.0. The molecule has 0 spiro atoms. The fourth-order valence-electron chi connectivity index (χ4n) is 6.76. The Morgan fingerprint density at radius 2 is 1.31 bits per heavy atom. The summed E-state index contributed by atoms with van der Waals surface area (Å²) in [6.45, 7) is 16.1. The quantitative estimate of drug-likeness (QED) is 0.0981. The minimum atomic E-state index is 0.520. The van der Waals surface area contributed by atoms with Crippen LogP contribution in [0.1, 0.15) is 133 Å². The Morgan fingerprint density at radius 1 is 0.686 bits per heavy atom. The first-order valence-corrected chi connectivity index (χ1v) is 19.8. The van der Waals surface area contributed by atoms with Gasteiger partial charge in [0.15, 0.2) is 5.84 Å². The molecule has 0 unspecified atom stereocenters. The molecule has 0 saturated carbocycles. The second-order valence-electron chi connectivity index (χ2n) is 14.3. The number of aliphatic imine (C=N–C) groups is 3. The number of hydrogen-bond acceptors (Lipinski definition) is 6. The molecule has 0 atom stereocenters. The standard InChI is InChI=1S/C43H65N7O/c1-9-12-15-17-19-21-28-49(29-22-20-18-16-13-10-2)37-24-26-40(51-8)38(32-37)41-42(46-43(45-41)50-35(6)31-34(5)47-50)44-39-25-23-36(30-33(39)4)48(7)27-14-11-3/h23-26,30-32H,9-22,27-29H2,1-8H3. The van der Waals surface area contributed by atoms with E-state index in [0.717, 1.165) is 53.6 Å². The lowest BCUT2D eigenvalue weighted by Gasteiger charge is -2.26. The van der Waals surface area contributed by atoms with Crippen molar-refractivity contribution in [2.45, 2.75) is 131 Å². The van der Waals surface area contributed by atoms with Gasteiger partial charge >= 0.3 is 0 Å². The molecule has 0 bridgehead atoms. The molecule has 1 aliphatic rings. The minimum Gasteiger partial charge on any atom is -0.496 e. The Bertz CT molecular complexity index is 1600. The van der Waals surface area contributed by atoms with E-state index >= 15 is 0 Å². The van der Waals surface area contributed by atoms with Crippen LogP contribution in [-0.4, -0.2) is 61.1 Å². The number of hydrogen-bond donors (Lipinski definition) is 0. The Kier molecular flexibility index (Phi) is 16.2. The molecule has 51 heavy (non-hydrogen) atoms. The molecular formula is C43H65N7O. The monoisotopic (exact) mass is 696 g/mol. The van der Waals surface area contributed by atoms with Gasteiger partial charge in [-0.15, -0.1) is 0 Å². The van der Waals surface area contributed by atoms with Gasteiger partial charge in [0.1, 0.15) is 11.5 Å². The lowest BCUT2D eigenvalue weighted by Crippen LogP contribution is -2.26. The molecule has 278 valence electrons. The number of aromatic nitrogens is 2. The zero-order valence-electron chi connectivity index (χ0n) is 33.1. The molecule has 0 amide bonds. The average Bonchev–Trinajstić information content (AvgIpc) is 3.70. The summed E-state index contributed by atoms with van der Waals surface area (Å²) in [6.07, 6.45) is 17.8. The van der Waals surface area contributed by atoms with Crippen molar-refractivity contribution in [1.82, 2.24) is 9.78 Å². The fourth-order valence-corrected chi connectivity index (χ4v) is 6.76. The van der Waals surface area contributed by atoms with Crippen molar-refractivity contribution in [3.8, 4) is 5.75 Å². The zero-order chi connectivity index (χ0) is 36.6. The van der Waals surface area contributed by atoms with Crippen LogP contribution in [-0.2, 0) is 0 Å². The first-order valence-electron chi connectivity index (χ1n) is 19.8. The topological polar surface area (TPSA) is 70.6 Å². The second-order valence-corrected chi connectivity index (χ2v) is 14.3. The largest absolute Gasteiger partial charge is 0.496 e.